The van der Waals surface area contributed by atoms with Crippen LogP contribution in [0.2, 0.25) is 0 Å². The highest BCUT2D eigenvalue weighted by atomic mass is 32.1. The highest BCUT2D eigenvalue weighted by Crippen LogP contribution is 2.38. The Labute approximate surface area is 126 Å². The summed E-state index contributed by atoms with van der Waals surface area (Å²) in [5, 5.41) is 7.89. The summed E-state index contributed by atoms with van der Waals surface area (Å²) in [6, 6.07) is 5.89. The monoisotopic (exact) mass is 299 g/mol. The molecule has 0 bridgehead atoms. The van der Waals surface area contributed by atoms with Crippen molar-refractivity contribution in [1.29, 1.82) is 0 Å². The van der Waals surface area contributed by atoms with Crippen LogP contribution in [-0.2, 0) is 12.8 Å². The van der Waals surface area contributed by atoms with Crippen molar-refractivity contribution in [3.05, 3.63) is 34.3 Å². The summed E-state index contributed by atoms with van der Waals surface area (Å²) in [5.41, 5.74) is 4.14. The number of hydrogen-bond donors (Lipinski definition) is 1. The molecule has 0 spiro atoms. The van der Waals surface area contributed by atoms with E-state index < -0.39 is 0 Å². The van der Waals surface area contributed by atoms with E-state index in [2.05, 4.69) is 10.2 Å². The van der Waals surface area contributed by atoms with Crippen molar-refractivity contribution in [3.63, 3.8) is 0 Å². The fourth-order valence-corrected chi connectivity index (χ4v) is 3.13. The van der Waals surface area contributed by atoms with Gasteiger partial charge in [0.25, 0.3) is 4.84 Å². The molecule has 2 heterocycles. The van der Waals surface area contributed by atoms with Gasteiger partial charge in [-0.15, -0.1) is 5.10 Å². The summed E-state index contributed by atoms with van der Waals surface area (Å²) in [6.45, 7) is 0. The quantitative estimate of drug-likeness (QED) is 0.734. The molecule has 21 heavy (non-hydrogen) atoms. The molecule has 0 aliphatic heterocycles. The first-order chi connectivity index (χ1) is 10.3. The van der Waals surface area contributed by atoms with E-state index in [1.54, 1.807) is 7.11 Å². The molecule has 0 atom stereocenters. The van der Waals surface area contributed by atoms with Crippen molar-refractivity contribution in [3.8, 4) is 17.2 Å². The topological polar surface area (TPSA) is 63.9 Å². The van der Waals surface area contributed by atoms with Gasteiger partial charge in [-0.1, -0.05) is 12.1 Å². The third-order valence-corrected chi connectivity index (χ3v) is 4.05. The summed E-state index contributed by atoms with van der Waals surface area (Å²) < 4.78 is 11.0. The normalized spacial score (nSPS) is 13.6. The molecule has 0 amide bonds. The highest BCUT2D eigenvalue weighted by Gasteiger charge is 2.24. The minimum absolute atomic E-state index is 0.282. The van der Waals surface area contributed by atoms with E-state index in [4.69, 9.17) is 26.4 Å². The molecule has 1 aromatic carbocycles. The zero-order valence-corrected chi connectivity index (χ0v) is 12.3. The molecule has 106 valence electrons. The fourth-order valence-electron chi connectivity index (χ4n) is 3.00. The van der Waals surface area contributed by atoms with E-state index in [1.807, 2.05) is 18.2 Å². The van der Waals surface area contributed by atoms with Crippen LogP contribution in [-0.4, -0.2) is 22.3 Å². The Balaban J connectivity index is 2.14. The van der Waals surface area contributed by atoms with Gasteiger partial charge >= 0.3 is 0 Å². The number of para-hydroxylation sites is 1. The molecule has 0 saturated carbocycles. The number of pyridine rings is 1. The van der Waals surface area contributed by atoms with Gasteiger partial charge in [0.05, 0.1) is 12.7 Å². The van der Waals surface area contributed by atoms with Crippen LogP contribution in [0, 0.1) is 4.84 Å². The van der Waals surface area contributed by atoms with Crippen LogP contribution >= 0.6 is 12.2 Å². The molecule has 3 aromatic rings. The maximum Gasteiger partial charge on any atom is 0.284 e. The predicted octanol–water partition coefficient (Wildman–Crippen LogP) is 3.44. The highest BCUT2D eigenvalue weighted by molar-refractivity contribution is 7.71. The molecule has 4 rings (SSSR count). The number of nitrogens with zero attached hydrogens (tertiary/aromatic N) is 2. The maximum absolute atomic E-state index is 5.56. The molecule has 0 fully saturated rings. The Hall–Kier alpha value is -2.21. The maximum atomic E-state index is 5.56. The number of fused-ring (bicyclic) bond motifs is 2. The molecule has 1 aliphatic rings. The van der Waals surface area contributed by atoms with Gasteiger partial charge in [0.2, 0.25) is 5.89 Å². The molecule has 0 unspecified atom stereocenters. The minimum Gasteiger partial charge on any atom is -0.494 e. The Morgan fingerprint density at radius 3 is 3.00 bits per heavy atom. The zero-order valence-electron chi connectivity index (χ0n) is 11.5. The van der Waals surface area contributed by atoms with Gasteiger partial charge in [-0.05, 0) is 43.1 Å². The van der Waals surface area contributed by atoms with Crippen LogP contribution in [0.5, 0.6) is 5.75 Å². The minimum atomic E-state index is 0.282. The van der Waals surface area contributed by atoms with E-state index in [0.29, 0.717) is 5.89 Å². The smallest absolute Gasteiger partial charge is 0.284 e. The number of aromatic amines is 1. The van der Waals surface area contributed by atoms with E-state index >= 15 is 0 Å². The number of ether oxygens (including phenoxy) is 1. The zero-order chi connectivity index (χ0) is 14.4. The average molecular weight is 299 g/mol. The first-order valence-corrected chi connectivity index (χ1v) is 7.23. The van der Waals surface area contributed by atoms with E-state index in [-0.39, 0.29) is 4.84 Å². The van der Waals surface area contributed by atoms with E-state index in [1.165, 1.54) is 5.56 Å². The van der Waals surface area contributed by atoms with Crippen LogP contribution in [0.15, 0.2) is 22.6 Å². The van der Waals surface area contributed by atoms with Crippen molar-refractivity contribution < 1.29 is 9.15 Å². The molecular formula is C15H13N3O2S. The van der Waals surface area contributed by atoms with Crippen molar-refractivity contribution in [1.82, 2.24) is 15.2 Å². The van der Waals surface area contributed by atoms with Crippen molar-refractivity contribution >= 4 is 23.1 Å². The largest absolute Gasteiger partial charge is 0.494 e. The molecule has 1 aliphatic carbocycles. The first-order valence-electron chi connectivity index (χ1n) is 6.82. The summed E-state index contributed by atoms with van der Waals surface area (Å²) in [6.07, 6.45) is 3.06. The van der Waals surface area contributed by atoms with Gasteiger partial charge in [0.15, 0.2) is 0 Å². The number of hydrogen-bond acceptors (Lipinski definition) is 5. The van der Waals surface area contributed by atoms with Crippen molar-refractivity contribution in [2.45, 2.75) is 19.3 Å². The third kappa shape index (κ3) is 1.86. The van der Waals surface area contributed by atoms with Gasteiger partial charge in [-0.2, -0.15) is 0 Å². The van der Waals surface area contributed by atoms with Gasteiger partial charge in [0, 0.05) is 11.1 Å². The summed E-state index contributed by atoms with van der Waals surface area (Å²) in [7, 11) is 1.66. The summed E-state index contributed by atoms with van der Waals surface area (Å²) in [5.74, 6) is 1.29. The van der Waals surface area contributed by atoms with Gasteiger partial charge in [-0.25, -0.2) is 10.1 Å². The Bertz CT molecular complexity index is 898. The van der Waals surface area contributed by atoms with E-state index in [9.17, 15) is 0 Å². The second-order valence-corrected chi connectivity index (χ2v) is 5.41. The summed E-state index contributed by atoms with van der Waals surface area (Å²) >= 11 is 5.01. The number of methoxy groups -OCH3 is 1. The molecule has 6 heteroatoms. The van der Waals surface area contributed by atoms with Crippen LogP contribution in [0.4, 0.5) is 0 Å². The third-order valence-electron chi connectivity index (χ3n) is 3.88. The number of H-pyrrole nitrogens is 1. The number of nitrogens with one attached hydrogen (secondary N) is 1. The predicted molar refractivity (Wildman–Crippen MR) is 81.0 cm³/mol. The standard InChI is InChI=1S/C15H13N3O2S/c1-19-11-7-3-5-9-12(14-17-18-15(21)20-14)8-4-2-6-10(8)16-13(9)11/h3,5,7H,2,4,6H2,1H3,(H,18,21). The van der Waals surface area contributed by atoms with Crippen LogP contribution in [0.25, 0.3) is 22.4 Å². The Morgan fingerprint density at radius 1 is 1.33 bits per heavy atom. The Morgan fingerprint density at radius 2 is 2.24 bits per heavy atom. The second-order valence-electron chi connectivity index (χ2n) is 5.04. The molecule has 0 saturated heterocycles. The molecular weight excluding hydrogens is 286 g/mol. The van der Waals surface area contributed by atoms with Crippen molar-refractivity contribution in [2.24, 2.45) is 0 Å². The van der Waals surface area contributed by atoms with Crippen molar-refractivity contribution in [2.75, 3.05) is 7.11 Å². The lowest BCUT2D eigenvalue weighted by Gasteiger charge is -2.11. The SMILES string of the molecule is COc1cccc2c(-c3n[nH]c(=S)o3)c3c(nc12)CCC3. The van der Waals surface area contributed by atoms with Crippen LogP contribution in [0.3, 0.4) is 0 Å². The second kappa shape index (κ2) is 4.66. The van der Waals surface area contributed by atoms with Gasteiger partial charge < -0.3 is 9.15 Å². The van der Waals surface area contributed by atoms with Gasteiger partial charge in [-0.3, -0.25) is 0 Å². The average Bonchev–Trinajstić information content (AvgIpc) is 3.12. The molecule has 0 radical (unpaired) electrons. The molecule has 2 aromatic heterocycles. The van der Waals surface area contributed by atoms with Crippen LogP contribution in [0.1, 0.15) is 17.7 Å². The first kappa shape index (κ1) is 12.5. The number of benzene rings is 1. The molecule has 1 N–H and O–H groups in total. The number of aryl methyl sites for hydroxylation is 1. The molecule has 5 nitrogen and oxygen atoms in total. The lowest BCUT2D eigenvalue weighted by atomic mass is 10.0. The lowest BCUT2D eigenvalue weighted by molar-refractivity contribution is 0.419. The number of rotatable bonds is 2. The van der Waals surface area contributed by atoms with Gasteiger partial charge in [0.1, 0.15) is 11.3 Å². The Kier molecular flexibility index (Phi) is 2.78. The summed E-state index contributed by atoms with van der Waals surface area (Å²) in [4.78, 5) is 5.07. The lowest BCUT2D eigenvalue weighted by Crippen LogP contribution is -1.97. The number of aromatic nitrogens is 3. The van der Waals surface area contributed by atoms with E-state index in [0.717, 1.165) is 47.2 Å². The fraction of sp³-hybridized carbons (Fsp3) is 0.267. The van der Waals surface area contributed by atoms with Crippen LogP contribution < -0.4 is 4.74 Å².